The molecule has 2 aliphatic rings. The molecule has 2 fully saturated rings. The number of carbonyl (C=O) groups is 1. The van der Waals surface area contributed by atoms with Crippen molar-refractivity contribution in [2.75, 3.05) is 41.5 Å². The van der Waals surface area contributed by atoms with E-state index in [1.807, 2.05) is 18.2 Å². The molecular weight excluding hydrogens is 440 g/mol. The number of ether oxygens (including phenoxy) is 3. The van der Waals surface area contributed by atoms with E-state index in [4.69, 9.17) is 14.2 Å². The first-order valence-corrected chi connectivity index (χ1v) is 12.8. The number of nitrogens with zero attached hydrogens (tertiary/aromatic N) is 1. The number of nitrogens with one attached hydrogen (secondary N) is 1. The minimum absolute atomic E-state index is 0.129. The highest BCUT2D eigenvalue weighted by Gasteiger charge is 2.43. The maximum Gasteiger partial charge on any atom is 0.226 e. The second-order valence-electron chi connectivity index (χ2n) is 10.2. The summed E-state index contributed by atoms with van der Waals surface area (Å²) < 4.78 is 16.9. The van der Waals surface area contributed by atoms with Crippen LogP contribution in [-0.2, 0) is 16.0 Å². The Bertz CT molecular complexity index is 962. The first-order chi connectivity index (χ1) is 17.0. The Morgan fingerprint density at radius 1 is 1.00 bits per heavy atom. The summed E-state index contributed by atoms with van der Waals surface area (Å²) in [5.41, 5.74) is 2.70. The molecular formula is C29H40N2O4. The highest BCUT2D eigenvalue weighted by molar-refractivity contribution is 5.83. The van der Waals surface area contributed by atoms with Gasteiger partial charge in [-0.2, -0.15) is 0 Å². The van der Waals surface area contributed by atoms with Crippen molar-refractivity contribution in [2.45, 2.75) is 57.1 Å². The van der Waals surface area contributed by atoms with Gasteiger partial charge in [0, 0.05) is 13.2 Å². The summed E-state index contributed by atoms with van der Waals surface area (Å²) >= 11 is 0. The van der Waals surface area contributed by atoms with E-state index in [1.165, 1.54) is 0 Å². The molecule has 6 heteroatoms. The van der Waals surface area contributed by atoms with Crippen LogP contribution in [0.2, 0.25) is 0 Å². The van der Waals surface area contributed by atoms with Crippen LogP contribution in [0.3, 0.4) is 0 Å². The molecule has 1 aliphatic carbocycles. The van der Waals surface area contributed by atoms with Crippen LogP contribution >= 0.6 is 0 Å². The SMILES string of the molecule is COc1cccc(OC)c1-c1ccc(CC2(C(=O)NC3CCN(C)CC3)CCCC(OC)C2)cc1. The fourth-order valence-corrected chi connectivity index (χ4v) is 5.76. The maximum atomic E-state index is 13.8. The fourth-order valence-electron chi connectivity index (χ4n) is 5.76. The lowest BCUT2D eigenvalue weighted by Crippen LogP contribution is -2.52. The van der Waals surface area contributed by atoms with Crippen LogP contribution < -0.4 is 14.8 Å². The molecule has 2 unspecified atom stereocenters. The van der Waals surface area contributed by atoms with Gasteiger partial charge in [0.2, 0.25) is 5.91 Å². The molecule has 0 radical (unpaired) electrons. The third-order valence-corrected chi connectivity index (χ3v) is 7.88. The Balaban J connectivity index is 1.56. The summed E-state index contributed by atoms with van der Waals surface area (Å²) in [6, 6.07) is 14.6. The largest absolute Gasteiger partial charge is 0.496 e. The normalized spacial score (nSPS) is 23.6. The van der Waals surface area contributed by atoms with Gasteiger partial charge in [0.15, 0.2) is 0 Å². The van der Waals surface area contributed by atoms with Crippen molar-refractivity contribution in [3.8, 4) is 22.6 Å². The van der Waals surface area contributed by atoms with Crippen molar-refractivity contribution in [3.63, 3.8) is 0 Å². The Hall–Kier alpha value is -2.57. The summed E-state index contributed by atoms with van der Waals surface area (Å²) in [7, 11) is 7.27. The van der Waals surface area contributed by atoms with Crippen molar-refractivity contribution >= 4 is 5.91 Å². The van der Waals surface area contributed by atoms with Crippen LogP contribution in [0.1, 0.15) is 44.1 Å². The van der Waals surface area contributed by atoms with E-state index >= 15 is 0 Å². The van der Waals surface area contributed by atoms with Crippen molar-refractivity contribution in [2.24, 2.45) is 5.41 Å². The minimum Gasteiger partial charge on any atom is -0.496 e. The van der Waals surface area contributed by atoms with Gasteiger partial charge in [-0.25, -0.2) is 0 Å². The molecule has 0 spiro atoms. The number of amides is 1. The zero-order valence-corrected chi connectivity index (χ0v) is 21.6. The maximum absolute atomic E-state index is 13.8. The average Bonchev–Trinajstić information content (AvgIpc) is 2.90. The summed E-state index contributed by atoms with van der Waals surface area (Å²) in [6.45, 7) is 2.07. The van der Waals surface area contributed by atoms with Crippen LogP contribution in [0.15, 0.2) is 42.5 Å². The van der Waals surface area contributed by atoms with Crippen molar-refractivity contribution < 1.29 is 19.0 Å². The summed E-state index contributed by atoms with van der Waals surface area (Å²) in [5, 5.41) is 3.43. The molecule has 1 N–H and O–H groups in total. The van der Waals surface area contributed by atoms with E-state index in [0.29, 0.717) is 6.42 Å². The Morgan fingerprint density at radius 2 is 1.66 bits per heavy atom. The van der Waals surface area contributed by atoms with E-state index in [9.17, 15) is 4.79 Å². The van der Waals surface area contributed by atoms with E-state index < -0.39 is 5.41 Å². The van der Waals surface area contributed by atoms with E-state index in [1.54, 1.807) is 21.3 Å². The lowest BCUT2D eigenvalue weighted by Gasteiger charge is -2.41. The van der Waals surface area contributed by atoms with Gasteiger partial charge in [0.05, 0.1) is 31.3 Å². The summed E-state index contributed by atoms with van der Waals surface area (Å²) in [5.74, 6) is 1.76. The molecule has 0 bridgehead atoms. The second-order valence-corrected chi connectivity index (χ2v) is 10.2. The minimum atomic E-state index is -0.439. The molecule has 35 heavy (non-hydrogen) atoms. The number of carbonyl (C=O) groups excluding carboxylic acids is 1. The lowest BCUT2D eigenvalue weighted by molar-refractivity contribution is -0.137. The average molecular weight is 481 g/mol. The molecule has 1 saturated heterocycles. The van der Waals surface area contributed by atoms with Crippen molar-refractivity contribution in [1.82, 2.24) is 10.2 Å². The summed E-state index contributed by atoms with van der Waals surface area (Å²) in [6.07, 6.45) is 6.57. The van der Waals surface area contributed by atoms with E-state index in [0.717, 1.165) is 79.8 Å². The third kappa shape index (κ3) is 5.81. The Kier molecular flexibility index (Phi) is 8.34. The first kappa shape index (κ1) is 25.5. The predicted molar refractivity (Wildman–Crippen MR) is 139 cm³/mol. The molecule has 1 amide bonds. The lowest BCUT2D eigenvalue weighted by atomic mass is 9.68. The highest BCUT2D eigenvalue weighted by atomic mass is 16.5. The molecule has 0 aromatic heterocycles. The van der Waals surface area contributed by atoms with Gasteiger partial charge in [0.25, 0.3) is 0 Å². The van der Waals surface area contributed by atoms with Gasteiger partial charge in [-0.1, -0.05) is 30.3 Å². The number of methoxy groups -OCH3 is 3. The van der Waals surface area contributed by atoms with E-state index in [-0.39, 0.29) is 18.1 Å². The van der Waals surface area contributed by atoms with Gasteiger partial charge in [0.1, 0.15) is 11.5 Å². The number of benzene rings is 2. The molecule has 2 aromatic rings. The second kappa shape index (κ2) is 11.4. The molecule has 4 rings (SSSR count). The standard InChI is InChI=1S/C29H40N2O4/c1-31-17-14-23(15-18-31)30-28(32)29(16-6-7-24(20-29)33-2)19-21-10-12-22(13-11-21)27-25(34-3)8-5-9-26(27)35-4/h5,8-13,23-24H,6-7,14-20H2,1-4H3,(H,30,32). The van der Waals surface area contributed by atoms with Crippen molar-refractivity contribution in [1.29, 1.82) is 0 Å². The molecule has 190 valence electrons. The molecule has 6 nitrogen and oxygen atoms in total. The van der Waals surface area contributed by atoms with Crippen LogP contribution in [0.5, 0.6) is 11.5 Å². The number of rotatable bonds is 8. The van der Waals surface area contributed by atoms with Crippen LogP contribution in [0, 0.1) is 5.41 Å². The topological polar surface area (TPSA) is 60.0 Å². The van der Waals surface area contributed by atoms with Gasteiger partial charge in [-0.3, -0.25) is 4.79 Å². The van der Waals surface area contributed by atoms with Gasteiger partial charge < -0.3 is 24.4 Å². The zero-order chi connectivity index (χ0) is 24.8. The third-order valence-electron chi connectivity index (χ3n) is 7.88. The monoisotopic (exact) mass is 480 g/mol. The summed E-state index contributed by atoms with van der Waals surface area (Å²) in [4.78, 5) is 16.1. The molecule has 1 aliphatic heterocycles. The smallest absolute Gasteiger partial charge is 0.226 e. The fraction of sp³-hybridized carbons (Fsp3) is 0.552. The van der Waals surface area contributed by atoms with Crippen molar-refractivity contribution in [3.05, 3.63) is 48.0 Å². The van der Waals surface area contributed by atoms with Gasteiger partial charge in [-0.05, 0) is 88.3 Å². The zero-order valence-electron chi connectivity index (χ0n) is 21.6. The molecule has 2 atom stereocenters. The number of hydrogen-bond acceptors (Lipinski definition) is 5. The van der Waals surface area contributed by atoms with Crippen LogP contribution in [-0.4, -0.2) is 64.4 Å². The quantitative estimate of drug-likeness (QED) is 0.594. The Labute approximate surface area is 209 Å². The number of likely N-dealkylation sites (tertiary alicyclic amines) is 1. The van der Waals surface area contributed by atoms with Crippen LogP contribution in [0.4, 0.5) is 0 Å². The number of piperidine rings is 1. The van der Waals surface area contributed by atoms with Crippen LogP contribution in [0.25, 0.3) is 11.1 Å². The highest BCUT2D eigenvalue weighted by Crippen LogP contribution is 2.42. The predicted octanol–water partition coefficient (Wildman–Crippen LogP) is 4.70. The van der Waals surface area contributed by atoms with Gasteiger partial charge in [-0.15, -0.1) is 0 Å². The Morgan fingerprint density at radius 3 is 2.26 bits per heavy atom. The number of hydrogen-bond donors (Lipinski definition) is 1. The van der Waals surface area contributed by atoms with Gasteiger partial charge >= 0.3 is 0 Å². The molecule has 2 aromatic carbocycles. The first-order valence-electron chi connectivity index (χ1n) is 12.8. The molecule has 1 heterocycles. The molecule has 1 saturated carbocycles. The van der Waals surface area contributed by atoms with E-state index in [2.05, 4.69) is 41.5 Å².